The first kappa shape index (κ1) is 94.2. The monoisotopic (exact) mass is 1370 g/mol. The molecule has 0 aromatic heterocycles. The van der Waals surface area contributed by atoms with Crippen LogP contribution in [0.2, 0.25) is 0 Å². The average Bonchev–Trinajstić information content (AvgIpc) is 1.38. The van der Waals surface area contributed by atoms with E-state index in [1.165, 1.54) is 276 Å². The van der Waals surface area contributed by atoms with Crippen molar-refractivity contribution in [3.63, 3.8) is 0 Å². The van der Waals surface area contributed by atoms with Crippen molar-refractivity contribution in [3.8, 4) is 0 Å². The second-order valence-electron chi connectivity index (χ2n) is 29.4. The van der Waals surface area contributed by atoms with E-state index in [1.807, 2.05) is 21.1 Å². The number of ether oxygens (including phenoxy) is 4. The van der Waals surface area contributed by atoms with Crippen molar-refractivity contribution < 1.29 is 42.9 Å². The summed E-state index contributed by atoms with van der Waals surface area (Å²) in [4.78, 5) is 37.8. The number of esters is 2. The first-order valence-electron chi connectivity index (χ1n) is 41.9. The second-order valence-corrected chi connectivity index (χ2v) is 29.4. The van der Waals surface area contributed by atoms with Crippen molar-refractivity contribution in [2.75, 3.05) is 47.5 Å². The maximum Gasteiger partial charge on any atom is 0.361 e. The SMILES string of the molecule is CC/C=C\C/C=C\C/C=C\C/C=C\C/C=C\C/C=C\C/C=C\C/C=C\CCCCCCCCCCCCCCCCC(=O)OC(COC(=O)CCCCCCCCCCCCCCCCCCCCCCCCCCCCCCCCCCCC)COC(OCC[N+](C)(C)C)C(=O)O. The lowest BCUT2D eigenvalue weighted by Gasteiger charge is -2.25. The number of carbonyl (C=O) groups excluding carboxylic acids is 2. The van der Waals surface area contributed by atoms with Crippen molar-refractivity contribution in [1.82, 2.24) is 0 Å². The van der Waals surface area contributed by atoms with E-state index in [0.29, 0.717) is 17.4 Å². The van der Waals surface area contributed by atoms with Gasteiger partial charge >= 0.3 is 17.9 Å². The van der Waals surface area contributed by atoms with Crippen LogP contribution in [-0.2, 0) is 33.3 Å². The van der Waals surface area contributed by atoms with E-state index in [4.69, 9.17) is 18.9 Å². The van der Waals surface area contributed by atoms with Crippen LogP contribution in [0.25, 0.3) is 0 Å². The predicted octanol–water partition coefficient (Wildman–Crippen LogP) is 27.1. The number of aliphatic carboxylic acids is 1. The minimum atomic E-state index is -1.51. The summed E-state index contributed by atoms with van der Waals surface area (Å²) in [5, 5.41) is 9.78. The highest BCUT2D eigenvalue weighted by Gasteiger charge is 2.25. The molecule has 2 unspecified atom stereocenters. The summed E-state index contributed by atoms with van der Waals surface area (Å²) in [6, 6.07) is 0. The van der Waals surface area contributed by atoms with Crippen LogP contribution in [0.1, 0.15) is 393 Å². The van der Waals surface area contributed by atoms with Gasteiger partial charge in [0, 0.05) is 12.8 Å². The largest absolute Gasteiger partial charge is 0.477 e. The van der Waals surface area contributed by atoms with Crippen molar-refractivity contribution in [2.45, 2.75) is 405 Å². The van der Waals surface area contributed by atoms with Crippen LogP contribution in [0.5, 0.6) is 0 Å². The van der Waals surface area contributed by atoms with Gasteiger partial charge in [-0.25, -0.2) is 4.79 Å². The molecule has 0 spiro atoms. The molecule has 1 N–H and O–H groups in total. The molecule has 0 aromatic carbocycles. The Balaban J connectivity index is 4.00. The Hall–Kier alpha value is -3.79. The maximum atomic E-state index is 13.0. The number of carboxylic acids is 1. The molecule has 0 rings (SSSR count). The molecular weight excluding hydrogens is 1210 g/mol. The number of carbonyl (C=O) groups is 3. The highest BCUT2D eigenvalue weighted by Crippen LogP contribution is 2.20. The number of nitrogens with zero attached hydrogens (tertiary/aromatic N) is 1. The Morgan fingerprint density at radius 3 is 0.867 bits per heavy atom. The molecule has 98 heavy (non-hydrogen) atoms. The Labute approximate surface area is 607 Å². The normalized spacial score (nSPS) is 13.1. The fourth-order valence-electron chi connectivity index (χ4n) is 12.3. The number of rotatable bonds is 78. The van der Waals surface area contributed by atoms with Gasteiger partial charge in [0.2, 0.25) is 0 Å². The molecule has 0 aliphatic rings. The van der Waals surface area contributed by atoms with Gasteiger partial charge in [-0.2, -0.15) is 0 Å². The fourth-order valence-corrected chi connectivity index (χ4v) is 12.3. The Kier molecular flexibility index (Phi) is 75.9. The smallest absolute Gasteiger partial charge is 0.361 e. The summed E-state index contributed by atoms with van der Waals surface area (Å²) in [6.07, 6.45) is 107. The molecule has 0 aliphatic carbocycles. The molecule has 0 radical (unpaired) electrons. The highest BCUT2D eigenvalue weighted by atomic mass is 16.7. The molecule has 0 bridgehead atoms. The number of likely N-dealkylation sites (N-methyl/N-ethyl adjacent to an activating group) is 1. The van der Waals surface area contributed by atoms with Crippen LogP contribution in [-0.4, -0.2) is 87.4 Å². The lowest BCUT2D eigenvalue weighted by atomic mass is 10.0. The standard InChI is InChI=1S/C89H159NO8/c1-6-8-10-12-14-16-18-20-22-24-26-28-30-32-34-36-38-40-42-43-44-45-46-48-50-52-54-56-58-60-62-64-66-68-70-72-74-76-78-80-87(92)98-85(84-97-89(88(93)94)95-82-81-90(3,4)5)83-96-86(91)79-77-75-73-71-69-67-65-63-61-59-57-55-53-51-49-47-41-39-37-35-33-31-29-27-25-23-21-19-17-15-13-11-9-7-2/h8,10,14,16,20,22,26,28,32,34,38,40,43-44,46,48,85,89H,6-7,9,11-13,15,17-19,21,23-25,27,29-31,33,35-37,39,41-42,45,47,49-84H2,1-5H3/p+1/b10-8-,16-14-,22-20-,28-26-,34-32-,40-38-,44-43-,48-46-. The predicted molar refractivity (Wildman–Crippen MR) is 424 cm³/mol. The van der Waals surface area contributed by atoms with E-state index in [9.17, 15) is 19.5 Å². The van der Waals surface area contributed by atoms with Crippen molar-refractivity contribution in [1.29, 1.82) is 0 Å². The van der Waals surface area contributed by atoms with Crippen LogP contribution in [0.3, 0.4) is 0 Å². The molecule has 9 nitrogen and oxygen atoms in total. The minimum absolute atomic E-state index is 0.180. The maximum absolute atomic E-state index is 13.0. The third kappa shape index (κ3) is 79.5. The summed E-state index contributed by atoms with van der Waals surface area (Å²) in [7, 11) is 5.99. The lowest BCUT2D eigenvalue weighted by Crippen LogP contribution is -2.40. The van der Waals surface area contributed by atoms with Crippen molar-refractivity contribution in [2.24, 2.45) is 0 Å². The lowest BCUT2D eigenvalue weighted by molar-refractivity contribution is -0.870. The summed E-state index contributed by atoms with van der Waals surface area (Å²) < 4.78 is 23.1. The van der Waals surface area contributed by atoms with Crippen LogP contribution in [0.15, 0.2) is 97.2 Å². The van der Waals surface area contributed by atoms with Gasteiger partial charge in [0.15, 0.2) is 6.10 Å². The number of hydrogen-bond donors (Lipinski definition) is 1. The van der Waals surface area contributed by atoms with E-state index in [-0.39, 0.29) is 32.2 Å². The molecule has 568 valence electrons. The van der Waals surface area contributed by atoms with E-state index in [1.54, 1.807) is 0 Å². The number of allylic oxidation sites excluding steroid dienone is 16. The van der Waals surface area contributed by atoms with Crippen LogP contribution >= 0.6 is 0 Å². The zero-order chi connectivity index (χ0) is 71.1. The average molecular weight is 1370 g/mol. The van der Waals surface area contributed by atoms with E-state index in [0.717, 1.165) is 89.9 Å². The third-order valence-corrected chi connectivity index (χ3v) is 18.6. The first-order valence-corrected chi connectivity index (χ1v) is 41.9. The van der Waals surface area contributed by atoms with E-state index >= 15 is 0 Å². The number of hydrogen-bond acceptors (Lipinski definition) is 7. The number of carboxylic acid groups (broad SMARTS) is 1. The van der Waals surface area contributed by atoms with Crippen molar-refractivity contribution in [3.05, 3.63) is 97.2 Å². The van der Waals surface area contributed by atoms with Gasteiger partial charge in [-0.1, -0.05) is 400 Å². The summed E-state index contributed by atoms with van der Waals surface area (Å²) in [5.74, 6) is -1.98. The van der Waals surface area contributed by atoms with Crippen LogP contribution in [0, 0.1) is 0 Å². The number of quaternary nitrogens is 1. The molecule has 2 atom stereocenters. The molecule has 0 saturated carbocycles. The van der Waals surface area contributed by atoms with E-state index in [2.05, 4.69) is 111 Å². The van der Waals surface area contributed by atoms with Gasteiger partial charge < -0.3 is 28.5 Å². The summed E-state index contributed by atoms with van der Waals surface area (Å²) in [5.41, 5.74) is 0. The Bertz CT molecular complexity index is 1940. The van der Waals surface area contributed by atoms with Gasteiger partial charge in [0.05, 0.1) is 34.4 Å². The topological polar surface area (TPSA) is 108 Å². The summed E-state index contributed by atoms with van der Waals surface area (Å²) in [6.45, 7) is 4.82. The fraction of sp³-hybridized carbons (Fsp3) is 0.787. The molecule has 0 aromatic rings. The van der Waals surface area contributed by atoms with Crippen LogP contribution < -0.4 is 0 Å². The first-order chi connectivity index (χ1) is 48.1. The molecule has 0 aliphatic heterocycles. The van der Waals surface area contributed by atoms with Gasteiger partial charge in [-0.3, -0.25) is 9.59 Å². The molecule has 0 fully saturated rings. The van der Waals surface area contributed by atoms with Gasteiger partial charge in [-0.15, -0.1) is 0 Å². The van der Waals surface area contributed by atoms with Gasteiger partial charge in [0.25, 0.3) is 6.29 Å². The molecular formula is C89H160NO8+. The molecule has 9 heteroatoms. The van der Waals surface area contributed by atoms with Crippen LogP contribution in [0.4, 0.5) is 0 Å². The van der Waals surface area contributed by atoms with Gasteiger partial charge in [0.1, 0.15) is 13.2 Å². The third-order valence-electron chi connectivity index (χ3n) is 18.6. The van der Waals surface area contributed by atoms with Crippen molar-refractivity contribution >= 4 is 17.9 Å². The highest BCUT2D eigenvalue weighted by molar-refractivity contribution is 5.71. The Morgan fingerprint density at radius 1 is 0.316 bits per heavy atom. The quantitative estimate of drug-likeness (QED) is 0.0211. The van der Waals surface area contributed by atoms with E-state index < -0.39 is 24.3 Å². The molecule has 0 saturated heterocycles. The minimum Gasteiger partial charge on any atom is -0.477 e. The second kappa shape index (κ2) is 78.9. The zero-order valence-electron chi connectivity index (χ0n) is 65.2. The Morgan fingerprint density at radius 2 is 0.582 bits per heavy atom. The zero-order valence-corrected chi connectivity index (χ0v) is 65.2. The summed E-state index contributed by atoms with van der Waals surface area (Å²) >= 11 is 0. The van der Waals surface area contributed by atoms with Gasteiger partial charge in [-0.05, 0) is 77.0 Å². The molecule has 0 amide bonds. The number of unbranched alkanes of at least 4 members (excludes halogenated alkanes) is 47. The molecule has 0 heterocycles.